The highest BCUT2D eigenvalue weighted by molar-refractivity contribution is 7.13. The standard InChI is InChI=1S/C14H13F4N3O2S.C13H16F3N3O4/c1-8(2)21(10-5-3-9(15)4-6-10)11(22)7-23-13-20-19-12(24-13)14(16,17)18;1-3-5-6-17(4-2)12-10(18(20)21)7-9(13(14,15)16)8-11(12)19(22)23/h3-6,8H,7H2,1-2H3;7-8H,3-6H2,1-2H3. The molecule has 1 heterocycles. The average molecular weight is 699 g/mol. The molecular formula is C27H29F7N6O6S. The minimum absolute atomic E-state index is 0.201. The fraction of sp³-hybridized carbons (Fsp3) is 0.444. The number of alkyl halides is 6. The van der Waals surface area contributed by atoms with Crippen molar-refractivity contribution in [1.29, 1.82) is 0 Å². The summed E-state index contributed by atoms with van der Waals surface area (Å²) in [5.41, 5.74) is -3.17. The minimum atomic E-state index is -4.91. The van der Waals surface area contributed by atoms with E-state index in [0.29, 0.717) is 24.2 Å². The number of aromatic nitrogens is 2. The SMILES string of the molecule is CC(C)N(C(=O)COc1nnc(C(F)(F)F)s1)c1ccc(F)cc1.CCCCN(CC)c1c([N+](=O)[O-])cc(C(F)(F)F)cc1[N+](=O)[O-]. The van der Waals surface area contributed by atoms with Gasteiger partial charge in [0.1, 0.15) is 5.82 Å². The van der Waals surface area contributed by atoms with Crippen molar-refractivity contribution in [1.82, 2.24) is 10.2 Å². The zero-order valence-electron chi connectivity index (χ0n) is 25.3. The number of unbranched alkanes of at least 4 members (excludes halogenated alkanes) is 1. The number of carbonyl (C=O) groups is 1. The molecule has 0 aliphatic rings. The fourth-order valence-corrected chi connectivity index (χ4v) is 4.62. The third kappa shape index (κ3) is 10.7. The number of carbonyl (C=O) groups excluding carboxylic acids is 1. The number of hydrogen-bond acceptors (Lipinski definition) is 10. The molecule has 0 bridgehead atoms. The Morgan fingerprint density at radius 2 is 1.51 bits per heavy atom. The molecular weight excluding hydrogens is 669 g/mol. The van der Waals surface area contributed by atoms with Gasteiger partial charge in [-0.25, -0.2) is 4.39 Å². The van der Waals surface area contributed by atoms with Crippen molar-refractivity contribution in [2.75, 3.05) is 29.5 Å². The van der Waals surface area contributed by atoms with Gasteiger partial charge >= 0.3 is 12.4 Å². The Morgan fingerprint density at radius 3 is 1.91 bits per heavy atom. The van der Waals surface area contributed by atoms with Crippen molar-refractivity contribution in [2.24, 2.45) is 0 Å². The van der Waals surface area contributed by atoms with E-state index in [4.69, 9.17) is 4.74 Å². The first-order chi connectivity index (χ1) is 21.8. The van der Waals surface area contributed by atoms with Crippen LogP contribution in [0.4, 0.5) is 53.5 Å². The highest BCUT2D eigenvalue weighted by atomic mass is 32.1. The maximum Gasteiger partial charge on any atom is 0.445 e. The molecule has 2 aromatic carbocycles. The van der Waals surface area contributed by atoms with E-state index in [2.05, 4.69) is 10.2 Å². The minimum Gasteiger partial charge on any atom is -0.459 e. The van der Waals surface area contributed by atoms with E-state index >= 15 is 0 Å². The maximum absolute atomic E-state index is 13.0. The van der Waals surface area contributed by atoms with Crippen LogP contribution in [0.3, 0.4) is 0 Å². The number of ether oxygens (including phenoxy) is 1. The second-order valence-electron chi connectivity index (χ2n) is 9.80. The van der Waals surface area contributed by atoms with Crippen LogP contribution in [-0.2, 0) is 17.1 Å². The number of anilines is 2. The number of hydrogen-bond donors (Lipinski definition) is 0. The predicted molar refractivity (Wildman–Crippen MR) is 157 cm³/mol. The van der Waals surface area contributed by atoms with Gasteiger partial charge in [-0.1, -0.05) is 29.8 Å². The van der Waals surface area contributed by atoms with Crippen LogP contribution >= 0.6 is 11.3 Å². The molecule has 12 nitrogen and oxygen atoms in total. The van der Waals surface area contributed by atoms with Crippen LogP contribution in [0.1, 0.15) is 51.1 Å². The lowest BCUT2D eigenvalue weighted by molar-refractivity contribution is -0.393. The largest absolute Gasteiger partial charge is 0.459 e. The summed E-state index contributed by atoms with van der Waals surface area (Å²) < 4.78 is 93.8. The Kier molecular flexibility index (Phi) is 13.4. The van der Waals surface area contributed by atoms with Crippen LogP contribution in [-0.4, -0.2) is 51.7 Å². The summed E-state index contributed by atoms with van der Waals surface area (Å²) in [4.78, 5) is 35.3. The summed E-state index contributed by atoms with van der Waals surface area (Å²) in [6.45, 7) is 6.95. The lowest BCUT2D eigenvalue weighted by Gasteiger charge is -2.26. The van der Waals surface area contributed by atoms with Gasteiger partial charge in [0.2, 0.25) is 5.01 Å². The number of nitro benzene ring substituents is 2. The van der Waals surface area contributed by atoms with Gasteiger partial charge in [0, 0.05) is 37.0 Å². The van der Waals surface area contributed by atoms with Crippen LogP contribution in [0.2, 0.25) is 0 Å². The number of halogens is 7. The highest BCUT2D eigenvalue weighted by Gasteiger charge is 2.39. The molecule has 0 aliphatic heterocycles. The molecule has 0 radical (unpaired) electrons. The van der Waals surface area contributed by atoms with Gasteiger partial charge in [-0.15, -0.1) is 5.10 Å². The Morgan fingerprint density at radius 1 is 0.957 bits per heavy atom. The molecule has 0 unspecified atom stereocenters. The van der Waals surface area contributed by atoms with Crippen LogP contribution in [0, 0.1) is 26.0 Å². The molecule has 3 rings (SSSR count). The Labute approximate surface area is 267 Å². The summed E-state index contributed by atoms with van der Waals surface area (Å²) in [5, 5.41) is 27.0. The molecule has 3 aromatic rings. The number of nitrogens with zero attached hydrogens (tertiary/aromatic N) is 6. The second-order valence-corrected chi connectivity index (χ2v) is 10.7. The van der Waals surface area contributed by atoms with E-state index in [0.717, 1.165) is 6.42 Å². The molecule has 1 aromatic heterocycles. The van der Waals surface area contributed by atoms with Crippen LogP contribution < -0.4 is 14.5 Å². The summed E-state index contributed by atoms with van der Waals surface area (Å²) in [7, 11) is 0. The van der Waals surface area contributed by atoms with Gasteiger partial charge in [0.25, 0.3) is 22.5 Å². The quantitative estimate of drug-likeness (QED) is 0.106. The normalized spacial score (nSPS) is 11.5. The Hall–Kier alpha value is -4.62. The summed E-state index contributed by atoms with van der Waals surface area (Å²) >= 11 is 0.210. The molecule has 47 heavy (non-hydrogen) atoms. The lowest BCUT2D eigenvalue weighted by atomic mass is 10.1. The van der Waals surface area contributed by atoms with Gasteiger partial charge in [0.05, 0.1) is 15.4 Å². The third-order valence-electron chi connectivity index (χ3n) is 6.13. The summed E-state index contributed by atoms with van der Waals surface area (Å²) in [6, 6.07) is 5.71. The smallest absolute Gasteiger partial charge is 0.445 e. The molecule has 0 fully saturated rings. The molecule has 0 spiro atoms. The van der Waals surface area contributed by atoms with Crippen molar-refractivity contribution in [3.8, 4) is 5.19 Å². The van der Waals surface area contributed by atoms with E-state index in [1.807, 2.05) is 6.92 Å². The highest BCUT2D eigenvalue weighted by Crippen LogP contribution is 2.43. The number of nitro groups is 2. The van der Waals surface area contributed by atoms with Gasteiger partial charge in [-0.2, -0.15) is 26.3 Å². The maximum atomic E-state index is 13.0. The van der Waals surface area contributed by atoms with Gasteiger partial charge < -0.3 is 14.5 Å². The van der Waals surface area contributed by atoms with Gasteiger partial charge in [0.15, 0.2) is 12.3 Å². The first-order valence-corrected chi connectivity index (χ1v) is 14.5. The van der Waals surface area contributed by atoms with E-state index in [1.165, 1.54) is 34.1 Å². The second kappa shape index (κ2) is 16.3. The molecule has 0 N–H and O–H groups in total. The number of benzene rings is 2. The zero-order valence-corrected chi connectivity index (χ0v) is 26.1. The van der Waals surface area contributed by atoms with Crippen molar-refractivity contribution in [3.05, 3.63) is 73.0 Å². The van der Waals surface area contributed by atoms with Crippen LogP contribution in [0.5, 0.6) is 5.19 Å². The first kappa shape index (κ1) is 38.6. The molecule has 0 saturated carbocycles. The first-order valence-electron chi connectivity index (χ1n) is 13.7. The number of rotatable bonds is 12. The molecule has 0 atom stereocenters. The molecule has 0 aliphatic carbocycles. The van der Waals surface area contributed by atoms with E-state index in [-0.39, 0.29) is 41.3 Å². The molecule has 0 saturated heterocycles. The van der Waals surface area contributed by atoms with Crippen molar-refractivity contribution >= 4 is 40.0 Å². The molecule has 20 heteroatoms. The third-order valence-corrected chi connectivity index (χ3v) is 7.01. The van der Waals surface area contributed by atoms with E-state index in [9.17, 15) is 55.8 Å². The molecule has 1 amide bonds. The predicted octanol–water partition coefficient (Wildman–Crippen LogP) is 7.66. The van der Waals surface area contributed by atoms with Crippen molar-refractivity contribution in [2.45, 2.75) is 58.9 Å². The van der Waals surface area contributed by atoms with Crippen LogP contribution in [0.25, 0.3) is 0 Å². The van der Waals surface area contributed by atoms with Gasteiger partial charge in [-0.3, -0.25) is 25.0 Å². The Bertz CT molecular complexity index is 1500. The van der Waals surface area contributed by atoms with E-state index < -0.39 is 62.5 Å². The molecule has 258 valence electrons. The van der Waals surface area contributed by atoms with Crippen LogP contribution in [0.15, 0.2) is 36.4 Å². The average Bonchev–Trinajstić information content (AvgIpc) is 3.47. The summed E-state index contributed by atoms with van der Waals surface area (Å²) in [6.07, 6.45) is -8.18. The lowest BCUT2D eigenvalue weighted by Crippen LogP contribution is -2.40. The van der Waals surface area contributed by atoms with Gasteiger partial charge in [-0.05, 0) is 51.5 Å². The zero-order chi connectivity index (χ0) is 35.7. The topological polar surface area (TPSA) is 145 Å². The van der Waals surface area contributed by atoms with Crippen molar-refractivity contribution in [3.63, 3.8) is 0 Å². The summed E-state index contributed by atoms with van der Waals surface area (Å²) in [5.74, 6) is -0.944. The monoisotopic (exact) mass is 698 g/mol. The van der Waals surface area contributed by atoms with Crippen molar-refractivity contribution < 1.29 is 50.1 Å². The number of amides is 1. The Balaban J connectivity index is 0.000000327. The fourth-order valence-electron chi connectivity index (χ4n) is 4.05. The van der Waals surface area contributed by atoms with E-state index in [1.54, 1.807) is 20.8 Å².